The average Bonchev–Trinajstić information content (AvgIpc) is 2.65. The summed E-state index contributed by atoms with van der Waals surface area (Å²) in [6.07, 6.45) is 12.3. The molecule has 1 aliphatic heterocycles. The largest absolute Gasteiger partial charge is 0.461 e. The number of likely N-dealkylation sites (N-methyl/N-ethyl adjacent to an activating group) is 1. The zero-order valence-corrected chi connectivity index (χ0v) is 15.9. The number of rotatable bonds is 3. The average molecular weight is 377 g/mol. The lowest BCUT2D eigenvalue weighted by atomic mass is 9.80. The van der Waals surface area contributed by atoms with Gasteiger partial charge in [0.1, 0.15) is 0 Å². The Hall–Kier alpha value is -1.59. The van der Waals surface area contributed by atoms with Gasteiger partial charge in [0.25, 0.3) is 0 Å². The Labute approximate surface area is 159 Å². The van der Waals surface area contributed by atoms with E-state index in [-0.39, 0.29) is 10.6 Å². The van der Waals surface area contributed by atoms with E-state index in [4.69, 9.17) is 16.3 Å². The topological polar surface area (TPSA) is 55.6 Å². The van der Waals surface area contributed by atoms with Crippen molar-refractivity contribution in [1.82, 2.24) is 4.90 Å². The van der Waals surface area contributed by atoms with Crippen LogP contribution in [0.2, 0.25) is 5.02 Å². The molecule has 0 radical (unpaired) electrons. The van der Waals surface area contributed by atoms with Gasteiger partial charge in [0.15, 0.2) is 5.72 Å². The molecule has 2 aliphatic carbocycles. The van der Waals surface area contributed by atoms with E-state index in [1.165, 1.54) is 43.7 Å². The van der Waals surface area contributed by atoms with Crippen LogP contribution < -0.4 is 4.74 Å². The van der Waals surface area contributed by atoms with Crippen LogP contribution in [-0.2, 0) is 0 Å². The van der Waals surface area contributed by atoms with Gasteiger partial charge in [-0.15, -0.1) is 0 Å². The minimum atomic E-state index is -0.550. The van der Waals surface area contributed by atoms with Crippen LogP contribution in [-0.4, -0.2) is 28.6 Å². The van der Waals surface area contributed by atoms with E-state index in [2.05, 4.69) is 18.0 Å². The fourth-order valence-electron chi connectivity index (χ4n) is 4.89. The number of nitro benzene ring substituents is 1. The Balaban J connectivity index is 1.79. The van der Waals surface area contributed by atoms with Gasteiger partial charge in [-0.25, -0.2) is 0 Å². The fourth-order valence-corrected chi connectivity index (χ4v) is 5.11. The third-order valence-electron chi connectivity index (χ3n) is 6.27. The van der Waals surface area contributed by atoms with Crippen molar-refractivity contribution in [2.75, 3.05) is 7.05 Å². The first-order chi connectivity index (χ1) is 12.5. The van der Waals surface area contributed by atoms with Crippen LogP contribution in [0.4, 0.5) is 5.69 Å². The van der Waals surface area contributed by atoms with Crippen molar-refractivity contribution in [1.29, 1.82) is 0 Å². The minimum absolute atomic E-state index is 0.0372. The molecule has 0 aromatic heterocycles. The lowest BCUT2D eigenvalue weighted by Crippen LogP contribution is -2.58. The second kappa shape index (κ2) is 6.86. The molecule has 5 nitrogen and oxygen atoms in total. The van der Waals surface area contributed by atoms with E-state index >= 15 is 0 Å². The monoisotopic (exact) mass is 376 g/mol. The fraction of sp³-hybridized carbons (Fsp3) is 0.600. The van der Waals surface area contributed by atoms with Crippen molar-refractivity contribution >= 4 is 23.4 Å². The third kappa shape index (κ3) is 2.91. The quantitative estimate of drug-likeness (QED) is 0.512. The molecule has 0 amide bonds. The standard InChI is InChI=1S/C20H25ClN2O3/c1-22(17-8-3-2-4-9-17)20-10-6-5-7-15(20)11-14-12-16(21)13-18(23(24)25)19(14)26-20/h11-13,17H,2-10H2,1H3. The molecule has 0 spiro atoms. The smallest absolute Gasteiger partial charge is 0.313 e. The molecule has 1 heterocycles. The summed E-state index contributed by atoms with van der Waals surface area (Å²) in [6, 6.07) is 3.64. The van der Waals surface area contributed by atoms with Gasteiger partial charge >= 0.3 is 5.69 Å². The Kier molecular flexibility index (Phi) is 4.70. The van der Waals surface area contributed by atoms with Crippen LogP contribution >= 0.6 is 11.6 Å². The summed E-state index contributed by atoms with van der Waals surface area (Å²) >= 11 is 6.12. The molecule has 140 valence electrons. The van der Waals surface area contributed by atoms with E-state index in [1.807, 2.05) is 0 Å². The molecule has 2 saturated carbocycles. The Morgan fingerprint density at radius 3 is 2.73 bits per heavy atom. The highest BCUT2D eigenvalue weighted by Gasteiger charge is 2.48. The highest BCUT2D eigenvalue weighted by atomic mass is 35.5. The van der Waals surface area contributed by atoms with Crippen LogP contribution in [0.1, 0.15) is 63.4 Å². The molecule has 1 aromatic rings. The summed E-state index contributed by atoms with van der Waals surface area (Å²) in [5, 5.41) is 12.0. The second-order valence-corrected chi connectivity index (χ2v) is 8.20. The maximum atomic E-state index is 11.6. The second-order valence-electron chi connectivity index (χ2n) is 7.77. The summed E-state index contributed by atoms with van der Waals surface area (Å²) in [7, 11) is 2.14. The Bertz CT molecular complexity index is 758. The Morgan fingerprint density at radius 1 is 1.23 bits per heavy atom. The van der Waals surface area contributed by atoms with Gasteiger partial charge in [-0.2, -0.15) is 0 Å². The molecule has 4 rings (SSSR count). The van der Waals surface area contributed by atoms with Crippen molar-refractivity contribution in [2.24, 2.45) is 0 Å². The van der Waals surface area contributed by atoms with Crippen LogP contribution in [0.3, 0.4) is 0 Å². The van der Waals surface area contributed by atoms with Crippen molar-refractivity contribution in [3.8, 4) is 5.75 Å². The molecule has 0 bridgehead atoms. The maximum absolute atomic E-state index is 11.6. The van der Waals surface area contributed by atoms with E-state index in [0.29, 0.717) is 16.8 Å². The Morgan fingerprint density at radius 2 is 2.00 bits per heavy atom. The summed E-state index contributed by atoms with van der Waals surface area (Å²) in [4.78, 5) is 13.6. The highest BCUT2D eigenvalue weighted by molar-refractivity contribution is 6.31. The lowest BCUT2D eigenvalue weighted by Gasteiger charge is -2.51. The molecule has 0 saturated heterocycles. The van der Waals surface area contributed by atoms with Gasteiger partial charge in [-0.1, -0.05) is 30.9 Å². The predicted octanol–water partition coefficient (Wildman–Crippen LogP) is 5.56. The zero-order chi connectivity index (χ0) is 18.3. The third-order valence-corrected chi connectivity index (χ3v) is 6.48. The van der Waals surface area contributed by atoms with Crippen molar-refractivity contribution in [3.05, 3.63) is 38.4 Å². The number of nitro groups is 1. The molecule has 1 unspecified atom stereocenters. The van der Waals surface area contributed by atoms with Crippen LogP contribution in [0.15, 0.2) is 17.7 Å². The molecule has 1 atom stereocenters. The SMILES string of the molecule is CN(C1CCCCC1)C12CCCCC1=Cc1cc(Cl)cc([N+](=O)[O-])c1O2. The van der Waals surface area contributed by atoms with E-state index in [9.17, 15) is 10.1 Å². The zero-order valence-electron chi connectivity index (χ0n) is 15.2. The molecule has 3 aliphatic rings. The van der Waals surface area contributed by atoms with E-state index in [0.717, 1.165) is 31.2 Å². The first-order valence-electron chi connectivity index (χ1n) is 9.62. The number of halogens is 1. The molecular weight excluding hydrogens is 352 g/mol. The maximum Gasteiger partial charge on any atom is 0.313 e. The summed E-state index contributed by atoms with van der Waals surface area (Å²) in [5.74, 6) is 0.368. The normalized spacial score (nSPS) is 25.9. The van der Waals surface area contributed by atoms with Gasteiger partial charge in [0.05, 0.1) is 4.92 Å². The van der Waals surface area contributed by atoms with Gasteiger partial charge in [0, 0.05) is 29.1 Å². The minimum Gasteiger partial charge on any atom is -0.461 e. The number of fused-ring (bicyclic) bond motifs is 2. The number of hydrogen-bond acceptors (Lipinski definition) is 4. The molecule has 6 heteroatoms. The molecule has 1 aromatic carbocycles. The van der Waals surface area contributed by atoms with Crippen LogP contribution in [0.25, 0.3) is 6.08 Å². The van der Waals surface area contributed by atoms with Gasteiger partial charge in [0.2, 0.25) is 5.75 Å². The molecule has 0 N–H and O–H groups in total. The number of hydrogen-bond donors (Lipinski definition) is 0. The number of nitrogens with zero attached hydrogens (tertiary/aromatic N) is 2. The number of benzene rings is 1. The van der Waals surface area contributed by atoms with Gasteiger partial charge in [-0.3, -0.25) is 15.0 Å². The lowest BCUT2D eigenvalue weighted by molar-refractivity contribution is -0.386. The summed E-state index contributed by atoms with van der Waals surface area (Å²) in [5.41, 5.74) is 1.38. The van der Waals surface area contributed by atoms with Gasteiger partial charge < -0.3 is 4.74 Å². The van der Waals surface area contributed by atoms with Gasteiger partial charge in [-0.05, 0) is 56.9 Å². The number of ether oxygens (including phenoxy) is 1. The van der Waals surface area contributed by atoms with E-state index in [1.54, 1.807) is 6.07 Å². The molecule has 2 fully saturated rings. The highest BCUT2D eigenvalue weighted by Crippen LogP contribution is 2.50. The summed E-state index contributed by atoms with van der Waals surface area (Å²) in [6.45, 7) is 0. The van der Waals surface area contributed by atoms with Crippen molar-refractivity contribution in [3.63, 3.8) is 0 Å². The van der Waals surface area contributed by atoms with Crippen LogP contribution in [0, 0.1) is 10.1 Å². The predicted molar refractivity (Wildman–Crippen MR) is 103 cm³/mol. The first-order valence-corrected chi connectivity index (χ1v) is 10.00. The van der Waals surface area contributed by atoms with Crippen molar-refractivity contribution in [2.45, 2.75) is 69.6 Å². The molecule has 26 heavy (non-hydrogen) atoms. The van der Waals surface area contributed by atoms with E-state index < -0.39 is 5.72 Å². The molecular formula is C20H25ClN2O3. The first kappa shape index (κ1) is 17.8. The van der Waals surface area contributed by atoms with Crippen molar-refractivity contribution < 1.29 is 9.66 Å². The van der Waals surface area contributed by atoms with Crippen LogP contribution in [0.5, 0.6) is 5.75 Å². The summed E-state index contributed by atoms with van der Waals surface area (Å²) < 4.78 is 6.54.